The van der Waals surface area contributed by atoms with Crippen LogP contribution < -0.4 is 0 Å². The number of ether oxygens (including phenoxy) is 1. The molecule has 17 heterocycles. The van der Waals surface area contributed by atoms with Crippen LogP contribution in [0.1, 0.15) is 74.7 Å². The van der Waals surface area contributed by atoms with Gasteiger partial charge in [0.2, 0.25) is 0 Å². The summed E-state index contributed by atoms with van der Waals surface area (Å²) in [6, 6.07) is 32.0. The molecule has 0 aromatic carbocycles. The van der Waals surface area contributed by atoms with E-state index in [9.17, 15) is 18.0 Å². The van der Waals surface area contributed by atoms with Gasteiger partial charge >= 0.3 is 10.2 Å². The van der Waals surface area contributed by atoms with E-state index in [4.69, 9.17) is 4.74 Å². The molecular formula is C88H95BrIN19O5S3. The van der Waals surface area contributed by atoms with E-state index in [1.54, 1.807) is 134 Å². The van der Waals surface area contributed by atoms with Crippen LogP contribution in [0.2, 0.25) is 0 Å². The number of nitrogens with zero attached hydrogens (tertiary/aromatic N) is 19. The molecular weight excluding hydrogens is 1710 g/mol. The van der Waals surface area contributed by atoms with Gasteiger partial charge in [-0.15, -0.1) is 23.5 Å². The zero-order valence-electron chi connectivity index (χ0n) is 66.7. The van der Waals surface area contributed by atoms with Crippen LogP contribution in [-0.4, -0.2) is 231 Å². The fourth-order valence-corrected chi connectivity index (χ4v) is 13.9. The molecule has 0 atom stereocenters. The SMILES string of the molecule is BrC1=CCN=C1c1cccnc1.C1=CC(c2cccnc2)=NC1.C1=CC(c2cccnc2)=NC1.C1CCOC1.CC(=O)c1cccnc1.CN(C)/C=C/C(=O)c1cccnc1.CN(C)S(=O)(=O)n1ccc(-c2cccnc2)n1.CSC1=CCN=C1C1=CCCN(C)C1.CSC1=CCN=C1c1cccnc1.IC1=CCN=C1c1cccnc1. The van der Waals surface area contributed by atoms with Gasteiger partial charge < -0.3 is 14.5 Å². The maximum absolute atomic E-state index is 11.8. The number of Topliss-reactive ketones (excluding diaryl/α,β-unsaturated/α-hetero) is 1. The van der Waals surface area contributed by atoms with Crippen molar-refractivity contribution < 1.29 is 22.7 Å². The average molecular weight is 1800 g/mol. The van der Waals surface area contributed by atoms with Gasteiger partial charge in [-0.05, 0) is 229 Å². The molecule has 17 rings (SSSR count). The number of carbonyl (C=O) groups is 2. The zero-order valence-corrected chi connectivity index (χ0v) is 72.9. The number of allylic oxidation sites excluding steroid dienone is 7. The summed E-state index contributed by atoms with van der Waals surface area (Å²) in [6.07, 6.45) is 59.3. The molecule has 117 heavy (non-hydrogen) atoms. The Hall–Kier alpha value is -10.8. The lowest BCUT2D eigenvalue weighted by Gasteiger charge is -2.23. The minimum atomic E-state index is -3.55. The molecule has 0 unspecified atom stereocenters. The molecule has 1 fully saturated rings. The molecule has 0 saturated carbocycles. The number of likely N-dealkylation sites (N-methyl/N-ethyl adjacent to an activating group) is 1. The molecule has 1 saturated heterocycles. The standard InChI is InChI=1S/C11H16N2S.C10H12N4O2S.C10H12N2O.C10H10N2S.C9H7BrN2.C9H7IN2.2C9H8N2.C7H7NO.C4H8O/c1-13-7-3-4-9(8-13)11-10(14-2)5-6-12-11;1-13(2)17(15,16)14-7-5-10(12-14)9-4-3-6-11-8-9;1-12(2)7-5-10(13)9-4-3-6-11-8-9;1-13-9-4-6-12-10(9)8-3-2-5-11-7-8;2*10-8-3-5-12-9(8)7-2-1-4-11-6-7;2*1-3-8(7-10-5-1)9-4-2-6-11-9;1-6(9)7-3-2-4-8-5-7;1-2-4-5-3-1/h4-5H,3,6-8H2,1-2H3;3-8H,1-2H3;3-8H,1-2H3;2-5,7H,6H2,1H3;2*1-4,6H,5H2;2*1-5,7H,6H2;2-5H,1H3;1-4H2/b;;7-5+;;;;;;;. The number of pyridine rings is 8. The molecule has 0 N–H and O–H groups in total. The molecule has 9 aromatic rings. The number of ketones is 2. The summed E-state index contributed by atoms with van der Waals surface area (Å²) >= 11 is 9.29. The van der Waals surface area contributed by atoms with Crippen molar-refractivity contribution in [3.05, 3.63) is 338 Å². The quantitative estimate of drug-likeness (QED) is 0.0523. The lowest BCUT2D eigenvalue weighted by molar-refractivity contribution is 0.101. The van der Waals surface area contributed by atoms with Gasteiger partial charge in [-0.2, -0.15) is 21.9 Å². The summed E-state index contributed by atoms with van der Waals surface area (Å²) in [7, 11) is 5.28. The molecule has 0 radical (unpaired) electrons. The van der Waals surface area contributed by atoms with E-state index in [1.807, 2.05) is 147 Å². The first kappa shape index (κ1) is 91.7. The van der Waals surface area contributed by atoms with Gasteiger partial charge in [0.25, 0.3) is 0 Å². The fourth-order valence-electron chi connectivity index (χ4n) is 10.8. The van der Waals surface area contributed by atoms with Crippen LogP contribution in [-0.2, 0) is 14.9 Å². The topological polar surface area (TPSA) is 282 Å². The summed E-state index contributed by atoms with van der Waals surface area (Å²) in [4.78, 5) is 86.8. The third kappa shape index (κ3) is 31.7. The number of halogens is 2. The van der Waals surface area contributed by atoms with Crippen molar-refractivity contribution in [3.8, 4) is 11.3 Å². The summed E-state index contributed by atoms with van der Waals surface area (Å²) in [6.45, 7) is 10.6. The normalized spacial score (nSPS) is 15.2. The summed E-state index contributed by atoms with van der Waals surface area (Å²) < 4.78 is 32.9. The first-order chi connectivity index (χ1) is 56.9. The van der Waals surface area contributed by atoms with Gasteiger partial charge in [-0.1, -0.05) is 18.2 Å². The molecule has 8 aliphatic heterocycles. The van der Waals surface area contributed by atoms with Crippen molar-refractivity contribution in [2.75, 3.05) is 113 Å². The minimum Gasteiger partial charge on any atom is -0.383 e. The first-order valence-corrected chi connectivity index (χ1v) is 43.0. The van der Waals surface area contributed by atoms with Gasteiger partial charge in [0, 0.05) is 234 Å². The van der Waals surface area contributed by atoms with Crippen LogP contribution in [0.3, 0.4) is 0 Å². The van der Waals surface area contributed by atoms with Crippen LogP contribution in [0.15, 0.2) is 329 Å². The van der Waals surface area contributed by atoms with Gasteiger partial charge in [0.15, 0.2) is 11.6 Å². The van der Waals surface area contributed by atoms with E-state index in [-0.39, 0.29) is 11.6 Å². The second-order valence-corrected chi connectivity index (χ2v) is 31.4. The summed E-state index contributed by atoms with van der Waals surface area (Å²) in [5.74, 6) is 0.0323. The predicted octanol–water partition coefficient (Wildman–Crippen LogP) is 15.3. The van der Waals surface area contributed by atoms with E-state index in [2.05, 4.69) is 162 Å². The minimum absolute atomic E-state index is 0.0261. The van der Waals surface area contributed by atoms with E-state index in [1.165, 1.54) is 77.4 Å². The van der Waals surface area contributed by atoms with Crippen molar-refractivity contribution in [1.29, 1.82) is 0 Å². The molecule has 24 nitrogen and oxygen atoms in total. The Labute approximate surface area is 717 Å². The maximum atomic E-state index is 11.8. The first-order valence-electron chi connectivity index (χ1n) is 37.3. The van der Waals surface area contributed by atoms with Crippen LogP contribution >= 0.6 is 62.0 Å². The maximum Gasteiger partial charge on any atom is 0.322 e. The van der Waals surface area contributed by atoms with Gasteiger partial charge in [-0.3, -0.25) is 79.4 Å². The number of thioether (sulfide) groups is 2. The van der Waals surface area contributed by atoms with E-state index in [0.717, 1.165) is 140 Å². The van der Waals surface area contributed by atoms with Crippen molar-refractivity contribution in [2.24, 2.45) is 30.0 Å². The second kappa shape index (κ2) is 51.3. The molecule has 8 aliphatic rings. The molecule has 0 amide bonds. The Kier molecular flexibility index (Phi) is 40.3. The Balaban J connectivity index is 0.000000164. The smallest absolute Gasteiger partial charge is 0.322 e. The third-order valence-corrected chi connectivity index (χ3v) is 21.5. The molecule has 0 spiro atoms. The van der Waals surface area contributed by atoms with Crippen molar-refractivity contribution in [2.45, 2.75) is 26.2 Å². The van der Waals surface area contributed by atoms with E-state index in [0.29, 0.717) is 16.8 Å². The Morgan fingerprint density at radius 2 is 0.949 bits per heavy atom. The van der Waals surface area contributed by atoms with E-state index < -0.39 is 10.2 Å². The van der Waals surface area contributed by atoms with Crippen molar-refractivity contribution >= 4 is 118 Å². The monoisotopic (exact) mass is 1800 g/mol. The van der Waals surface area contributed by atoms with Crippen LogP contribution in [0.5, 0.6) is 0 Å². The lowest BCUT2D eigenvalue weighted by atomic mass is 10.1. The number of aliphatic imine (C=N–C) groups is 6. The van der Waals surface area contributed by atoms with Gasteiger partial charge in [-0.25, -0.2) is 0 Å². The second-order valence-electron chi connectivity index (χ2n) is 25.7. The van der Waals surface area contributed by atoms with Gasteiger partial charge in [0.05, 0.1) is 79.2 Å². The largest absolute Gasteiger partial charge is 0.383 e. The third-order valence-electron chi connectivity index (χ3n) is 16.7. The molecule has 29 heteroatoms. The Morgan fingerprint density at radius 1 is 0.513 bits per heavy atom. The highest BCUT2D eigenvalue weighted by atomic mass is 127. The number of rotatable bonds is 15. The highest BCUT2D eigenvalue weighted by Crippen LogP contribution is 2.27. The zero-order chi connectivity index (χ0) is 83.3. The van der Waals surface area contributed by atoms with E-state index >= 15 is 0 Å². The fraction of sp³-hybridized carbons (Fsp3) is 0.239. The summed E-state index contributed by atoms with van der Waals surface area (Å²) in [5, 5.41) is 4.02. The Morgan fingerprint density at radius 3 is 1.34 bits per heavy atom. The molecule has 0 aliphatic carbocycles. The predicted molar refractivity (Wildman–Crippen MR) is 490 cm³/mol. The number of carbonyl (C=O) groups excluding carboxylic acids is 2. The van der Waals surface area contributed by atoms with Crippen LogP contribution in [0.25, 0.3) is 11.3 Å². The highest BCUT2D eigenvalue weighted by Gasteiger charge is 2.21. The Bertz CT molecular complexity index is 5040. The lowest BCUT2D eigenvalue weighted by Crippen LogP contribution is -2.29. The number of aromatic nitrogens is 10. The summed E-state index contributed by atoms with van der Waals surface area (Å²) in [5.41, 5.74) is 16.0. The van der Waals surface area contributed by atoms with Crippen molar-refractivity contribution in [1.82, 2.24) is 63.2 Å². The highest BCUT2D eigenvalue weighted by molar-refractivity contribution is 14.1. The number of hydrogen-bond acceptors (Lipinski definition) is 24. The number of hydrogen-bond donors (Lipinski definition) is 0. The van der Waals surface area contributed by atoms with Crippen LogP contribution in [0.4, 0.5) is 0 Å². The molecule has 9 aromatic heterocycles. The molecule has 0 bridgehead atoms. The molecule has 604 valence electrons. The van der Waals surface area contributed by atoms with Gasteiger partial charge in [0.1, 0.15) is 0 Å². The van der Waals surface area contributed by atoms with Crippen LogP contribution in [0, 0.1) is 0 Å². The van der Waals surface area contributed by atoms with Crippen molar-refractivity contribution in [3.63, 3.8) is 0 Å². The average Bonchev–Trinajstić information content (AvgIpc) is 1.68.